The van der Waals surface area contributed by atoms with Crippen molar-refractivity contribution in [2.24, 2.45) is 11.8 Å². The maximum Gasteiger partial charge on any atom is 0.0675 e. The zero-order valence-electron chi connectivity index (χ0n) is 9.34. The third kappa shape index (κ3) is 1.52. The van der Waals surface area contributed by atoms with E-state index in [9.17, 15) is 0 Å². The van der Waals surface area contributed by atoms with Gasteiger partial charge < -0.3 is 0 Å². The van der Waals surface area contributed by atoms with Crippen molar-refractivity contribution >= 4 is 0 Å². The van der Waals surface area contributed by atoms with E-state index in [1.54, 1.807) is 0 Å². The van der Waals surface area contributed by atoms with E-state index in [0.29, 0.717) is 17.9 Å². The molecule has 1 aromatic carbocycles. The predicted octanol–water partition coefficient (Wildman–Crippen LogP) is 2.42. The van der Waals surface area contributed by atoms with Crippen molar-refractivity contribution in [1.82, 2.24) is 4.90 Å². The van der Waals surface area contributed by atoms with E-state index in [2.05, 4.69) is 41.3 Å². The van der Waals surface area contributed by atoms with Gasteiger partial charge in [0.2, 0.25) is 0 Å². The Labute approximate surface area is 96.5 Å². The highest BCUT2D eigenvalue weighted by Gasteiger charge is 2.46. The Kier molecular flexibility index (Phi) is 2.41. The minimum absolute atomic E-state index is 0.295. The van der Waals surface area contributed by atoms with Crippen LogP contribution < -0.4 is 0 Å². The van der Waals surface area contributed by atoms with Crippen LogP contribution in [0.2, 0.25) is 0 Å². The van der Waals surface area contributed by atoms with Crippen LogP contribution in [-0.4, -0.2) is 17.5 Å². The van der Waals surface area contributed by atoms with Crippen molar-refractivity contribution in [3.05, 3.63) is 35.9 Å². The molecule has 1 aliphatic heterocycles. The number of piperidine rings is 1. The third-order valence-electron chi connectivity index (χ3n) is 4.07. The van der Waals surface area contributed by atoms with Crippen LogP contribution in [0.15, 0.2) is 30.3 Å². The predicted molar refractivity (Wildman–Crippen MR) is 62.5 cm³/mol. The second kappa shape index (κ2) is 3.92. The molecule has 3 atom stereocenters. The highest BCUT2D eigenvalue weighted by atomic mass is 15.2. The standard InChI is InChI=1S/C14H16N2/c15-8-13-12-6-7-14(13)16(10-12)9-11-4-2-1-3-5-11/h1-5,12-14H,6-7,9-10H2/t12-,13-,14-/m0/s1. The quantitative estimate of drug-likeness (QED) is 0.752. The molecule has 1 saturated heterocycles. The van der Waals surface area contributed by atoms with Gasteiger partial charge in [0.1, 0.15) is 0 Å². The Balaban J connectivity index is 1.73. The molecule has 0 spiro atoms. The number of nitrogens with zero attached hydrogens (tertiary/aromatic N) is 2. The number of likely N-dealkylation sites (tertiary alicyclic amines) is 1. The summed E-state index contributed by atoms with van der Waals surface area (Å²) in [6, 6.07) is 13.6. The molecule has 2 heteroatoms. The van der Waals surface area contributed by atoms with Crippen molar-refractivity contribution in [3.63, 3.8) is 0 Å². The molecule has 0 N–H and O–H groups in total. The van der Waals surface area contributed by atoms with Gasteiger partial charge >= 0.3 is 0 Å². The van der Waals surface area contributed by atoms with Crippen LogP contribution in [-0.2, 0) is 6.54 Å². The summed E-state index contributed by atoms with van der Waals surface area (Å²) in [6.45, 7) is 2.14. The first kappa shape index (κ1) is 9.86. The summed E-state index contributed by atoms with van der Waals surface area (Å²) in [5.74, 6) is 0.933. The lowest BCUT2D eigenvalue weighted by Crippen LogP contribution is -2.32. The molecule has 1 aliphatic carbocycles. The molecular formula is C14H16N2. The second-order valence-electron chi connectivity index (χ2n) is 4.97. The Hall–Kier alpha value is -1.33. The van der Waals surface area contributed by atoms with Crippen molar-refractivity contribution in [3.8, 4) is 6.07 Å². The van der Waals surface area contributed by atoms with Gasteiger partial charge in [-0.1, -0.05) is 30.3 Å². The fourth-order valence-corrected chi connectivity index (χ4v) is 3.30. The molecule has 2 fully saturated rings. The molecule has 0 radical (unpaired) electrons. The number of benzene rings is 1. The number of hydrogen-bond acceptors (Lipinski definition) is 2. The summed E-state index contributed by atoms with van der Waals surface area (Å²) in [5.41, 5.74) is 1.37. The molecule has 0 amide bonds. The number of hydrogen-bond donors (Lipinski definition) is 0. The minimum atomic E-state index is 0.295. The van der Waals surface area contributed by atoms with Crippen LogP contribution in [0.3, 0.4) is 0 Å². The average molecular weight is 212 g/mol. The van der Waals surface area contributed by atoms with Gasteiger partial charge in [0.15, 0.2) is 0 Å². The zero-order valence-corrected chi connectivity index (χ0v) is 9.34. The molecule has 2 aliphatic rings. The lowest BCUT2D eigenvalue weighted by molar-refractivity contribution is 0.202. The molecule has 16 heavy (non-hydrogen) atoms. The lowest BCUT2D eigenvalue weighted by Gasteiger charge is -2.26. The van der Waals surface area contributed by atoms with E-state index in [-0.39, 0.29) is 0 Å². The molecule has 0 aromatic heterocycles. The minimum Gasteiger partial charge on any atom is -0.294 e. The maximum absolute atomic E-state index is 9.15. The summed E-state index contributed by atoms with van der Waals surface area (Å²) in [5, 5.41) is 9.15. The summed E-state index contributed by atoms with van der Waals surface area (Å²) >= 11 is 0. The maximum atomic E-state index is 9.15. The van der Waals surface area contributed by atoms with Crippen molar-refractivity contribution < 1.29 is 0 Å². The molecule has 1 aromatic rings. The molecule has 2 bridgehead atoms. The Morgan fingerprint density at radius 2 is 2.06 bits per heavy atom. The molecule has 3 rings (SSSR count). The largest absolute Gasteiger partial charge is 0.294 e. The first-order valence-corrected chi connectivity index (χ1v) is 6.06. The molecule has 82 valence electrons. The van der Waals surface area contributed by atoms with Crippen LogP contribution in [0.4, 0.5) is 0 Å². The molecule has 0 unspecified atom stereocenters. The summed E-state index contributed by atoms with van der Waals surface area (Å²) in [4.78, 5) is 2.50. The molecule has 2 nitrogen and oxygen atoms in total. The Morgan fingerprint density at radius 3 is 2.75 bits per heavy atom. The monoisotopic (exact) mass is 212 g/mol. The normalized spacial score (nSPS) is 32.8. The van der Waals surface area contributed by atoms with Gasteiger partial charge in [0.05, 0.1) is 12.0 Å². The highest BCUT2D eigenvalue weighted by molar-refractivity contribution is 5.16. The number of nitriles is 1. The fraction of sp³-hybridized carbons (Fsp3) is 0.500. The summed E-state index contributed by atoms with van der Waals surface area (Å²) in [7, 11) is 0. The second-order valence-corrected chi connectivity index (χ2v) is 4.97. The van der Waals surface area contributed by atoms with Crippen LogP contribution in [0, 0.1) is 23.2 Å². The summed E-state index contributed by atoms with van der Waals surface area (Å²) < 4.78 is 0. The first-order chi connectivity index (χ1) is 7.88. The molecular weight excluding hydrogens is 196 g/mol. The first-order valence-electron chi connectivity index (χ1n) is 6.06. The molecule has 1 heterocycles. The third-order valence-corrected chi connectivity index (χ3v) is 4.07. The van der Waals surface area contributed by atoms with Gasteiger partial charge in [-0.2, -0.15) is 5.26 Å². The van der Waals surface area contributed by atoms with Gasteiger partial charge in [-0.05, 0) is 24.3 Å². The Bertz CT molecular complexity index is 406. The van der Waals surface area contributed by atoms with Crippen LogP contribution in [0.1, 0.15) is 18.4 Å². The van der Waals surface area contributed by atoms with E-state index in [1.165, 1.54) is 18.4 Å². The SMILES string of the molecule is N#C[C@H]1[C@H]2CC[C@@H]1N(Cc1ccccc1)C2. The van der Waals surface area contributed by atoms with E-state index >= 15 is 0 Å². The van der Waals surface area contributed by atoms with Crippen LogP contribution in [0.5, 0.6) is 0 Å². The van der Waals surface area contributed by atoms with Gasteiger partial charge in [-0.3, -0.25) is 4.90 Å². The van der Waals surface area contributed by atoms with Crippen molar-refractivity contribution in [1.29, 1.82) is 5.26 Å². The van der Waals surface area contributed by atoms with Gasteiger partial charge in [-0.15, -0.1) is 0 Å². The van der Waals surface area contributed by atoms with Gasteiger partial charge in [0.25, 0.3) is 0 Å². The van der Waals surface area contributed by atoms with E-state index in [0.717, 1.165) is 13.1 Å². The van der Waals surface area contributed by atoms with Crippen LogP contribution >= 0.6 is 0 Å². The van der Waals surface area contributed by atoms with Gasteiger partial charge in [0, 0.05) is 19.1 Å². The van der Waals surface area contributed by atoms with E-state index in [4.69, 9.17) is 5.26 Å². The van der Waals surface area contributed by atoms with E-state index in [1.807, 2.05) is 0 Å². The van der Waals surface area contributed by atoms with Gasteiger partial charge in [-0.25, -0.2) is 0 Å². The van der Waals surface area contributed by atoms with E-state index < -0.39 is 0 Å². The number of fused-ring (bicyclic) bond motifs is 2. The lowest BCUT2D eigenvalue weighted by atomic mass is 10.0. The summed E-state index contributed by atoms with van der Waals surface area (Å²) in [6.07, 6.45) is 2.48. The zero-order chi connectivity index (χ0) is 11.0. The average Bonchev–Trinajstić information content (AvgIpc) is 2.86. The smallest absolute Gasteiger partial charge is 0.0675 e. The van der Waals surface area contributed by atoms with Crippen LogP contribution in [0.25, 0.3) is 0 Å². The topological polar surface area (TPSA) is 27.0 Å². The fourth-order valence-electron chi connectivity index (χ4n) is 3.30. The Morgan fingerprint density at radius 1 is 1.25 bits per heavy atom. The highest BCUT2D eigenvalue weighted by Crippen LogP contribution is 2.42. The number of rotatable bonds is 2. The van der Waals surface area contributed by atoms with Crippen molar-refractivity contribution in [2.75, 3.05) is 6.54 Å². The molecule has 1 saturated carbocycles. The van der Waals surface area contributed by atoms with Crippen molar-refractivity contribution in [2.45, 2.75) is 25.4 Å².